The third kappa shape index (κ3) is 3.43. The number of rotatable bonds is 4. The zero-order valence-electron chi connectivity index (χ0n) is 15.9. The summed E-state index contributed by atoms with van der Waals surface area (Å²) in [5.41, 5.74) is 2.26. The van der Waals surface area contributed by atoms with Crippen LogP contribution < -0.4 is 5.56 Å². The van der Waals surface area contributed by atoms with E-state index in [4.69, 9.17) is 0 Å². The zero-order chi connectivity index (χ0) is 19.8. The molecule has 1 aliphatic rings. The van der Waals surface area contributed by atoms with Crippen molar-refractivity contribution in [2.45, 2.75) is 32.9 Å². The minimum Gasteiger partial charge on any atom is -0.391 e. The Kier molecular flexibility index (Phi) is 4.72. The molecule has 1 amide bonds. The zero-order valence-corrected chi connectivity index (χ0v) is 15.9. The molecule has 0 bridgehead atoms. The number of aliphatic hydroxyl groups excluding tert-OH is 1. The first-order valence-electron chi connectivity index (χ1n) is 9.35. The molecule has 1 aliphatic heterocycles. The number of aliphatic hydroxyl groups is 1. The third-order valence-corrected chi connectivity index (χ3v) is 5.33. The second-order valence-corrected chi connectivity index (χ2v) is 7.47. The maximum atomic E-state index is 12.8. The van der Waals surface area contributed by atoms with Crippen molar-refractivity contribution in [3.63, 3.8) is 0 Å². The summed E-state index contributed by atoms with van der Waals surface area (Å²) in [7, 11) is 0. The minimum absolute atomic E-state index is 0.0744. The molecule has 3 heterocycles. The van der Waals surface area contributed by atoms with E-state index in [0.29, 0.717) is 24.0 Å². The summed E-state index contributed by atoms with van der Waals surface area (Å²) in [6, 6.07) is 9.20. The molecular formula is C20H23N5O3. The maximum absolute atomic E-state index is 12.8. The van der Waals surface area contributed by atoms with Gasteiger partial charge in [0.15, 0.2) is 0 Å². The number of hydrogen-bond acceptors (Lipinski definition) is 5. The molecule has 2 aromatic heterocycles. The number of β-amino-alcohol motifs (C(OH)–C–C–N with tert-alkyl or cyclic N) is 1. The van der Waals surface area contributed by atoms with Crippen LogP contribution >= 0.6 is 0 Å². The molecule has 146 valence electrons. The lowest BCUT2D eigenvalue weighted by Gasteiger charge is -2.17. The summed E-state index contributed by atoms with van der Waals surface area (Å²) >= 11 is 0. The number of amides is 1. The number of aromatic nitrogens is 4. The molecule has 8 nitrogen and oxygen atoms in total. The van der Waals surface area contributed by atoms with Crippen molar-refractivity contribution >= 4 is 16.7 Å². The summed E-state index contributed by atoms with van der Waals surface area (Å²) in [5.74, 6) is -0.293. The smallest absolute Gasteiger partial charge is 0.275 e. The number of carbonyl (C=O) groups is 1. The highest BCUT2D eigenvalue weighted by Crippen LogP contribution is 2.21. The van der Waals surface area contributed by atoms with Gasteiger partial charge in [-0.15, -0.1) is 0 Å². The molecule has 0 aliphatic carbocycles. The van der Waals surface area contributed by atoms with Gasteiger partial charge in [0, 0.05) is 30.1 Å². The van der Waals surface area contributed by atoms with E-state index in [9.17, 15) is 14.7 Å². The standard InChI is InChI=1S/C20H23N5O3/c1-12-7-15(22-21-12)8-14-9-24(10-18(14)26)19(27)11-25-20(28)17-6-4-3-5-16(17)13(2)23-25/h3-7,14,18,26H,8-11H2,1-2H3,(H,21,22)/t14-,18-/m1/s1. The Morgan fingerprint density at radius 1 is 1.25 bits per heavy atom. The molecular weight excluding hydrogens is 358 g/mol. The highest BCUT2D eigenvalue weighted by Gasteiger charge is 2.34. The van der Waals surface area contributed by atoms with Crippen molar-refractivity contribution in [3.05, 3.63) is 57.8 Å². The first-order valence-corrected chi connectivity index (χ1v) is 9.35. The summed E-state index contributed by atoms with van der Waals surface area (Å²) in [6.45, 7) is 4.31. The van der Waals surface area contributed by atoms with Gasteiger partial charge in [-0.3, -0.25) is 14.7 Å². The lowest BCUT2D eigenvalue weighted by Crippen LogP contribution is -2.37. The van der Waals surface area contributed by atoms with Gasteiger partial charge in [-0.1, -0.05) is 18.2 Å². The first-order chi connectivity index (χ1) is 13.4. The number of hydrogen-bond donors (Lipinski definition) is 2. The fourth-order valence-electron chi connectivity index (χ4n) is 3.85. The maximum Gasteiger partial charge on any atom is 0.275 e. The van der Waals surface area contributed by atoms with Crippen LogP contribution in [0.1, 0.15) is 17.1 Å². The molecule has 1 aromatic carbocycles. The number of benzene rings is 1. The molecule has 8 heteroatoms. The average molecular weight is 381 g/mol. The molecule has 3 aromatic rings. The number of nitrogens with zero attached hydrogens (tertiary/aromatic N) is 4. The first kappa shape index (κ1) is 18.4. The Morgan fingerprint density at radius 3 is 2.71 bits per heavy atom. The van der Waals surface area contributed by atoms with Gasteiger partial charge in [0.2, 0.25) is 5.91 Å². The van der Waals surface area contributed by atoms with Crippen LogP contribution in [-0.4, -0.2) is 55.1 Å². The number of nitrogens with one attached hydrogen (secondary N) is 1. The molecule has 2 atom stereocenters. The molecule has 2 N–H and O–H groups in total. The lowest BCUT2D eigenvalue weighted by molar-refractivity contribution is -0.131. The molecule has 1 saturated heterocycles. The largest absolute Gasteiger partial charge is 0.391 e. The van der Waals surface area contributed by atoms with Gasteiger partial charge in [-0.25, -0.2) is 4.68 Å². The van der Waals surface area contributed by atoms with Crippen molar-refractivity contribution in [2.24, 2.45) is 5.92 Å². The van der Waals surface area contributed by atoms with E-state index in [1.807, 2.05) is 32.0 Å². The normalized spacial score (nSPS) is 19.5. The van der Waals surface area contributed by atoms with Crippen LogP contribution in [0.4, 0.5) is 0 Å². The molecule has 4 rings (SSSR count). The third-order valence-electron chi connectivity index (χ3n) is 5.33. The molecule has 0 unspecified atom stereocenters. The predicted octanol–water partition coefficient (Wildman–Crippen LogP) is 0.798. The van der Waals surface area contributed by atoms with Gasteiger partial charge >= 0.3 is 0 Å². The van der Waals surface area contributed by atoms with Crippen LogP contribution in [0.2, 0.25) is 0 Å². The Balaban J connectivity index is 1.49. The molecule has 0 radical (unpaired) electrons. The van der Waals surface area contributed by atoms with E-state index in [1.54, 1.807) is 17.0 Å². The number of H-pyrrole nitrogens is 1. The Hall–Kier alpha value is -3.00. The summed E-state index contributed by atoms with van der Waals surface area (Å²) in [5, 5.41) is 23.1. The van der Waals surface area contributed by atoms with Crippen molar-refractivity contribution in [2.75, 3.05) is 13.1 Å². The quantitative estimate of drug-likeness (QED) is 0.696. The second kappa shape index (κ2) is 7.20. The van der Waals surface area contributed by atoms with Gasteiger partial charge in [-0.2, -0.15) is 10.2 Å². The molecule has 28 heavy (non-hydrogen) atoms. The summed E-state index contributed by atoms with van der Waals surface area (Å²) in [6.07, 6.45) is -0.00766. The fraction of sp³-hybridized carbons (Fsp3) is 0.400. The second-order valence-electron chi connectivity index (χ2n) is 7.47. The van der Waals surface area contributed by atoms with E-state index in [0.717, 1.165) is 16.8 Å². The number of likely N-dealkylation sites (tertiary alicyclic amines) is 1. The average Bonchev–Trinajstić information content (AvgIpc) is 3.25. The number of carbonyl (C=O) groups excluding carboxylic acids is 1. The minimum atomic E-state index is -0.607. The van der Waals surface area contributed by atoms with E-state index in [2.05, 4.69) is 15.3 Å². The van der Waals surface area contributed by atoms with Crippen molar-refractivity contribution in [1.82, 2.24) is 24.9 Å². The molecule has 1 fully saturated rings. The van der Waals surface area contributed by atoms with Gasteiger partial charge in [0.25, 0.3) is 5.56 Å². The molecule has 0 saturated carbocycles. The van der Waals surface area contributed by atoms with E-state index < -0.39 is 6.10 Å². The Bertz CT molecular complexity index is 1090. The lowest BCUT2D eigenvalue weighted by atomic mass is 10.0. The van der Waals surface area contributed by atoms with Crippen molar-refractivity contribution in [3.8, 4) is 0 Å². The number of fused-ring (bicyclic) bond motifs is 1. The van der Waals surface area contributed by atoms with Crippen molar-refractivity contribution < 1.29 is 9.90 Å². The van der Waals surface area contributed by atoms with Crippen LogP contribution in [-0.2, 0) is 17.8 Å². The number of aryl methyl sites for hydroxylation is 2. The summed E-state index contributed by atoms with van der Waals surface area (Å²) < 4.78 is 1.22. The Labute approximate surface area is 161 Å². The van der Waals surface area contributed by atoms with E-state index in [-0.39, 0.29) is 30.5 Å². The van der Waals surface area contributed by atoms with Gasteiger partial charge in [-0.05, 0) is 32.4 Å². The highest BCUT2D eigenvalue weighted by atomic mass is 16.3. The SMILES string of the molecule is Cc1cc(C[C@@H]2CN(C(=O)Cn3nc(C)c4ccccc4c3=O)C[C@H]2O)n[nH]1. The number of aromatic amines is 1. The van der Waals surface area contributed by atoms with Crippen molar-refractivity contribution in [1.29, 1.82) is 0 Å². The topological polar surface area (TPSA) is 104 Å². The van der Waals surface area contributed by atoms with Crippen LogP contribution in [0.3, 0.4) is 0 Å². The van der Waals surface area contributed by atoms with Gasteiger partial charge < -0.3 is 10.0 Å². The predicted molar refractivity (Wildman–Crippen MR) is 104 cm³/mol. The van der Waals surface area contributed by atoms with Crippen LogP contribution in [0, 0.1) is 19.8 Å². The van der Waals surface area contributed by atoms with Gasteiger partial charge in [0.05, 0.1) is 22.9 Å². The monoisotopic (exact) mass is 381 g/mol. The highest BCUT2D eigenvalue weighted by molar-refractivity contribution is 5.83. The van der Waals surface area contributed by atoms with Crippen LogP contribution in [0.15, 0.2) is 35.1 Å². The fourth-order valence-corrected chi connectivity index (χ4v) is 3.85. The van der Waals surface area contributed by atoms with E-state index in [1.165, 1.54) is 4.68 Å². The summed E-state index contributed by atoms with van der Waals surface area (Å²) in [4.78, 5) is 27.0. The van der Waals surface area contributed by atoms with Gasteiger partial charge in [0.1, 0.15) is 6.54 Å². The van der Waals surface area contributed by atoms with Crippen LogP contribution in [0.25, 0.3) is 10.8 Å². The molecule has 0 spiro atoms. The van der Waals surface area contributed by atoms with E-state index >= 15 is 0 Å². The van der Waals surface area contributed by atoms with Crippen LogP contribution in [0.5, 0.6) is 0 Å². The Morgan fingerprint density at radius 2 is 2.00 bits per heavy atom.